The summed E-state index contributed by atoms with van der Waals surface area (Å²) in [6.45, 7) is 3.36. The van der Waals surface area contributed by atoms with E-state index in [2.05, 4.69) is 4.98 Å². The summed E-state index contributed by atoms with van der Waals surface area (Å²) in [4.78, 5) is 15.5. The Morgan fingerprint density at radius 3 is 2.71 bits per heavy atom. The van der Waals surface area contributed by atoms with Crippen molar-refractivity contribution in [3.8, 4) is 0 Å². The van der Waals surface area contributed by atoms with Gasteiger partial charge in [0.1, 0.15) is 0 Å². The van der Waals surface area contributed by atoms with Crippen molar-refractivity contribution >= 4 is 11.5 Å². The molecule has 0 aliphatic carbocycles. The van der Waals surface area contributed by atoms with Gasteiger partial charge >= 0.3 is 0 Å². The minimum Gasteiger partial charge on any atom is -0.398 e. The quantitative estimate of drug-likeness (QED) is 0.732. The molecule has 0 bridgehead atoms. The van der Waals surface area contributed by atoms with Gasteiger partial charge in [0, 0.05) is 30.1 Å². The summed E-state index contributed by atoms with van der Waals surface area (Å²) < 4.78 is 0. The molecule has 0 atom stereocenters. The number of nitrogen functional groups attached to an aromatic ring is 1. The summed E-state index contributed by atoms with van der Waals surface area (Å²) in [6.07, 6.45) is 3.43. The third-order valence-corrected chi connectivity index (χ3v) is 2.01. The van der Waals surface area contributed by atoms with Crippen LogP contribution in [0.15, 0.2) is 18.5 Å². The van der Waals surface area contributed by atoms with Crippen LogP contribution in [0, 0.1) is 0 Å². The molecule has 0 aromatic carbocycles. The fourth-order valence-electron chi connectivity index (χ4n) is 0.986. The number of nitrogens with two attached hydrogens (primary N) is 2. The molecule has 0 unspecified atom stereocenters. The summed E-state index contributed by atoms with van der Waals surface area (Å²) >= 11 is 0. The van der Waals surface area contributed by atoms with Gasteiger partial charge < -0.3 is 11.5 Å². The lowest BCUT2D eigenvalue weighted by atomic mass is 9.95. The first-order chi connectivity index (χ1) is 6.41. The van der Waals surface area contributed by atoms with Gasteiger partial charge in [-0.2, -0.15) is 0 Å². The maximum absolute atomic E-state index is 11.6. The molecule has 0 saturated heterocycles. The highest BCUT2D eigenvalue weighted by atomic mass is 16.1. The molecule has 0 saturated carbocycles. The molecule has 0 fully saturated rings. The summed E-state index contributed by atoms with van der Waals surface area (Å²) in [5.41, 5.74) is 11.8. The van der Waals surface area contributed by atoms with Crippen molar-refractivity contribution in [2.75, 3.05) is 5.73 Å². The molecule has 0 aliphatic rings. The number of anilines is 1. The predicted molar refractivity (Wildman–Crippen MR) is 55.6 cm³/mol. The maximum Gasteiger partial charge on any atom is 0.156 e. The number of ketones is 1. The molecule has 1 heterocycles. The molecule has 1 aromatic rings. The largest absolute Gasteiger partial charge is 0.398 e. The van der Waals surface area contributed by atoms with Crippen molar-refractivity contribution in [3.63, 3.8) is 0 Å². The van der Waals surface area contributed by atoms with Crippen LogP contribution in [0.25, 0.3) is 0 Å². The van der Waals surface area contributed by atoms with Gasteiger partial charge in [-0.25, -0.2) is 0 Å². The van der Waals surface area contributed by atoms with Crippen molar-refractivity contribution in [2.24, 2.45) is 5.73 Å². The number of hydrogen-bond donors (Lipinski definition) is 2. The van der Waals surface area contributed by atoms with E-state index in [4.69, 9.17) is 11.5 Å². The first-order valence-corrected chi connectivity index (χ1v) is 4.42. The number of rotatable bonds is 3. The molecular weight excluding hydrogens is 178 g/mol. The first-order valence-electron chi connectivity index (χ1n) is 4.42. The minimum absolute atomic E-state index is 0.0443. The SMILES string of the molecule is CC(C)(N)C(=O)Cc1cnccc1N. The lowest BCUT2D eigenvalue weighted by Crippen LogP contribution is -2.42. The number of pyridine rings is 1. The fourth-order valence-corrected chi connectivity index (χ4v) is 0.986. The zero-order valence-corrected chi connectivity index (χ0v) is 8.45. The van der Waals surface area contributed by atoms with Crippen LogP contribution in [0.2, 0.25) is 0 Å². The highest BCUT2D eigenvalue weighted by molar-refractivity contribution is 5.89. The lowest BCUT2D eigenvalue weighted by Gasteiger charge is -2.16. The van der Waals surface area contributed by atoms with Crippen molar-refractivity contribution in [2.45, 2.75) is 25.8 Å². The summed E-state index contributed by atoms with van der Waals surface area (Å²) in [7, 11) is 0. The van der Waals surface area contributed by atoms with Crippen LogP contribution in [0.1, 0.15) is 19.4 Å². The van der Waals surface area contributed by atoms with E-state index in [1.165, 1.54) is 0 Å². The number of Topliss-reactive ketones (excluding diaryl/α,β-unsaturated/α-hetero) is 1. The first kappa shape index (κ1) is 10.7. The van der Waals surface area contributed by atoms with Gasteiger partial charge in [0.2, 0.25) is 0 Å². The standard InChI is InChI=1S/C10H15N3O/c1-10(2,12)9(14)5-7-6-13-4-3-8(7)11/h3-4,6H,5,12H2,1-2H3,(H2,11,13). The molecule has 14 heavy (non-hydrogen) atoms. The second-order valence-electron chi connectivity index (χ2n) is 3.90. The average Bonchev–Trinajstić information content (AvgIpc) is 2.07. The van der Waals surface area contributed by atoms with Gasteiger partial charge in [0.05, 0.1) is 5.54 Å². The normalized spacial score (nSPS) is 11.4. The van der Waals surface area contributed by atoms with E-state index in [0.717, 1.165) is 5.56 Å². The van der Waals surface area contributed by atoms with E-state index in [0.29, 0.717) is 5.69 Å². The maximum atomic E-state index is 11.6. The summed E-state index contributed by atoms with van der Waals surface area (Å²) in [5.74, 6) is -0.0443. The van der Waals surface area contributed by atoms with Crippen LogP contribution in [-0.2, 0) is 11.2 Å². The van der Waals surface area contributed by atoms with Crippen LogP contribution >= 0.6 is 0 Å². The van der Waals surface area contributed by atoms with Gasteiger partial charge in [-0.3, -0.25) is 9.78 Å². The number of aromatic nitrogens is 1. The molecule has 0 aliphatic heterocycles. The van der Waals surface area contributed by atoms with Gasteiger partial charge in [0.15, 0.2) is 5.78 Å². The van der Waals surface area contributed by atoms with Gasteiger partial charge in [-0.15, -0.1) is 0 Å². The molecular formula is C10H15N3O. The van der Waals surface area contributed by atoms with E-state index in [1.807, 2.05) is 0 Å². The van der Waals surface area contributed by atoms with E-state index in [1.54, 1.807) is 32.3 Å². The Morgan fingerprint density at radius 1 is 1.57 bits per heavy atom. The van der Waals surface area contributed by atoms with Gasteiger partial charge in [-0.1, -0.05) is 0 Å². The highest BCUT2D eigenvalue weighted by Crippen LogP contribution is 2.12. The average molecular weight is 193 g/mol. The predicted octanol–water partition coefficient (Wildman–Crippen LogP) is 0.513. The van der Waals surface area contributed by atoms with E-state index >= 15 is 0 Å². The van der Waals surface area contributed by atoms with Crippen LogP contribution < -0.4 is 11.5 Å². The topological polar surface area (TPSA) is 82.0 Å². The monoisotopic (exact) mass is 193 g/mol. The minimum atomic E-state index is -0.817. The molecule has 1 aromatic heterocycles. The Hall–Kier alpha value is -1.42. The molecule has 4 N–H and O–H groups in total. The summed E-state index contributed by atoms with van der Waals surface area (Å²) in [5, 5.41) is 0. The van der Waals surface area contributed by atoms with Crippen molar-refractivity contribution in [1.82, 2.24) is 4.98 Å². The Kier molecular flexibility index (Phi) is 2.86. The van der Waals surface area contributed by atoms with Crippen molar-refractivity contribution in [1.29, 1.82) is 0 Å². The Balaban J connectivity index is 2.80. The third-order valence-electron chi connectivity index (χ3n) is 2.01. The zero-order valence-electron chi connectivity index (χ0n) is 8.45. The molecule has 4 heteroatoms. The van der Waals surface area contributed by atoms with E-state index in [9.17, 15) is 4.79 Å². The Bertz CT molecular complexity index is 341. The summed E-state index contributed by atoms with van der Waals surface area (Å²) in [6, 6.07) is 1.67. The number of nitrogens with zero attached hydrogens (tertiary/aromatic N) is 1. The van der Waals surface area contributed by atoms with Crippen LogP contribution in [0.3, 0.4) is 0 Å². The van der Waals surface area contributed by atoms with Crippen LogP contribution in [0.5, 0.6) is 0 Å². The van der Waals surface area contributed by atoms with Gasteiger partial charge in [0.25, 0.3) is 0 Å². The van der Waals surface area contributed by atoms with Crippen LogP contribution in [-0.4, -0.2) is 16.3 Å². The molecule has 0 radical (unpaired) electrons. The third kappa shape index (κ3) is 2.53. The van der Waals surface area contributed by atoms with Crippen molar-refractivity contribution < 1.29 is 4.79 Å². The van der Waals surface area contributed by atoms with Crippen LogP contribution in [0.4, 0.5) is 5.69 Å². The second kappa shape index (κ2) is 3.75. The van der Waals surface area contributed by atoms with E-state index < -0.39 is 5.54 Å². The number of carbonyl (C=O) groups is 1. The number of hydrogen-bond acceptors (Lipinski definition) is 4. The second-order valence-corrected chi connectivity index (χ2v) is 3.90. The molecule has 4 nitrogen and oxygen atoms in total. The Morgan fingerprint density at radius 2 is 2.21 bits per heavy atom. The number of carbonyl (C=O) groups excluding carboxylic acids is 1. The molecule has 1 rings (SSSR count). The van der Waals surface area contributed by atoms with Gasteiger partial charge in [-0.05, 0) is 19.9 Å². The molecule has 0 spiro atoms. The highest BCUT2D eigenvalue weighted by Gasteiger charge is 2.22. The Labute approximate surface area is 83.3 Å². The smallest absolute Gasteiger partial charge is 0.156 e. The molecule has 0 amide bonds. The van der Waals surface area contributed by atoms with Crippen molar-refractivity contribution in [3.05, 3.63) is 24.0 Å². The van der Waals surface area contributed by atoms with E-state index in [-0.39, 0.29) is 12.2 Å². The molecule has 76 valence electrons. The fraction of sp³-hybridized carbons (Fsp3) is 0.400. The lowest BCUT2D eigenvalue weighted by molar-refractivity contribution is -0.122. The zero-order chi connectivity index (χ0) is 10.8.